The highest BCUT2D eigenvalue weighted by molar-refractivity contribution is 6.31. The Balaban J connectivity index is 1.74. The molecule has 0 saturated carbocycles. The van der Waals surface area contributed by atoms with Gasteiger partial charge in [-0.2, -0.15) is 0 Å². The van der Waals surface area contributed by atoms with E-state index >= 15 is 0 Å². The molecule has 2 aromatic carbocycles. The van der Waals surface area contributed by atoms with Crippen LogP contribution in [0.2, 0.25) is 5.02 Å². The van der Waals surface area contributed by atoms with Crippen LogP contribution in [0.5, 0.6) is 0 Å². The number of hydrogen-bond acceptors (Lipinski definition) is 2. The maximum absolute atomic E-state index is 12.1. The molecule has 1 amide bonds. The molecule has 1 heterocycles. The number of furan rings is 1. The topological polar surface area (TPSA) is 42.2 Å². The van der Waals surface area contributed by atoms with Gasteiger partial charge in [0.1, 0.15) is 11.3 Å². The molecule has 3 nitrogen and oxygen atoms in total. The summed E-state index contributed by atoms with van der Waals surface area (Å²) in [5.74, 6) is 0.422. The lowest BCUT2D eigenvalue weighted by atomic mass is 10.1. The number of halogens is 1. The third-order valence-corrected chi connectivity index (χ3v) is 3.79. The number of para-hydroxylation sites is 1. The maximum atomic E-state index is 12.1. The van der Waals surface area contributed by atoms with Gasteiger partial charge in [0.25, 0.3) is 0 Å². The summed E-state index contributed by atoms with van der Waals surface area (Å²) in [5.41, 5.74) is 2.68. The Morgan fingerprint density at radius 1 is 1.22 bits per heavy atom. The van der Waals surface area contributed by atoms with Crippen molar-refractivity contribution in [3.63, 3.8) is 0 Å². The fourth-order valence-corrected chi connectivity index (χ4v) is 2.58. The van der Waals surface area contributed by atoms with Gasteiger partial charge in [-0.25, -0.2) is 0 Å². The summed E-state index contributed by atoms with van der Waals surface area (Å²) in [5, 5.41) is 4.45. The molecule has 0 aliphatic rings. The predicted octanol–water partition coefficient (Wildman–Crippen LogP) is 5.30. The van der Waals surface area contributed by atoms with Crippen LogP contribution in [0.15, 0.2) is 59.0 Å². The lowest BCUT2D eigenvalue weighted by Crippen LogP contribution is -2.09. The Morgan fingerprint density at radius 3 is 2.87 bits per heavy atom. The Labute approximate surface area is 139 Å². The first kappa shape index (κ1) is 15.4. The van der Waals surface area contributed by atoms with E-state index in [1.807, 2.05) is 42.5 Å². The number of benzene rings is 2. The van der Waals surface area contributed by atoms with Crippen molar-refractivity contribution < 1.29 is 9.21 Å². The summed E-state index contributed by atoms with van der Waals surface area (Å²) >= 11 is 5.95. The van der Waals surface area contributed by atoms with Crippen molar-refractivity contribution in [3.8, 4) is 0 Å². The maximum Gasteiger partial charge on any atom is 0.248 e. The molecule has 3 rings (SSSR count). The van der Waals surface area contributed by atoms with E-state index in [1.165, 1.54) is 6.08 Å². The Bertz CT molecular complexity index is 880. The van der Waals surface area contributed by atoms with E-state index in [-0.39, 0.29) is 5.91 Å². The smallest absolute Gasteiger partial charge is 0.248 e. The monoisotopic (exact) mass is 325 g/mol. The fourth-order valence-electron chi connectivity index (χ4n) is 2.40. The second-order valence-electron chi connectivity index (χ2n) is 5.16. The van der Waals surface area contributed by atoms with Crippen molar-refractivity contribution in [1.82, 2.24) is 0 Å². The molecule has 0 aliphatic heterocycles. The summed E-state index contributed by atoms with van der Waals surface area (Å²) in [6, 6.07) is 15.0. The number of amides is 1. The van der Waals surface area contributed by atoms with Crippen LogP contribution >= 0.6 is 11.6 Å². The van der Waals surface area contributed by atoms with E-state index in [9.17, 15) is 4.79 Å². The lowest BCUT2D eigenvalue weighted by Gasteiger charge is -2.07. The third-order valence-electron chi connectivity index (χ3n) is 3.55. The van der Waals surface area contributed by atoms with Crippen LogP contribution in [0.3, 0.4) is 0 Å². The van der Waals surface area contributed by atoms with Crippen LogP contribution in [-0.4, -0.2) is 5.91 Å². The summed E-state index contributed by atoms with van der Waals surface area (Å²) in [4.78, 5) is 12.1. The molecular formula is C19H16ClNO2. The average Bonchev–Trinajstić information content (AvgIpc) is 2.95. The molecule has 4 heteroatoms. The number of rotatable bonds is 4. The minimum absolute atomic E-state index is 0.190. The van der Waals surface area contributed by atoms with Gasteiger partial charge in [0, 0.05) is 22.2 Å². The van der Waals surface area contributed by atoms with Crippen LogP contribution < -0.4 is 5.32 Å². The highest BCUT2D eigenvalue weighted by Crippen LogP contribution is 2.23. The third kappa shape index (κ3) is 3.63. The lowest BCUT2D eigenvalue weighted by molar-refractivity contribution is -0.111. The number of fused-ring (bicyclic) bond motifs is 1. The molecule has 0 radical (unpaired) electrons. The van der Waals surface area contributed by atoms with Gasteiger partial charge in [0.2, 0.25) is 5.91 Å². The number of hydrogen-bond donors (Lipinski definition) is 1. The SMILES string of the molecule is CCc1ccccc1NC(=O)C=Cc1cc2cc(Cl)ccc2o1. The van der Waals surface area contributed by atoms with E-state index in [4.69, 9.17) is 16.0 Å². The van der Waals surface area contributed by atoms with Crippen LogP contribution in [-0.2, 0) is 11.2 Å². The van der Waals surface area contributed by atoms with Gasteiger partial charge < -0.3 is 9.73 Å². The van der Waals surface area contributed by atoms with Gasteiger partial charge in [-0.05, 0) is 48.4 Å². The zero-order chi connectivity index (χ0) is 16.2. The summed E-state index contributed by atoms with van der Waals surface area (Å²) < 4.78 is 5.64. The minimum Gasteiger partial charge on any atom is -0.457 e. The predicted molar refractivity (Wildman–Crippen MR) is 94.7 cm³/mol. The zero-order valence-electron chi connectivity index (χ0n) is 12.7. The molecule has 3 aromatic rings. The van der Waals surface area contributed by atoms with E-state index in [1.54, 1.807) is 12.1 Å². The Kier molecular flexibility index (Phi) is 4.49. The standard InChI is InChI=1S/C19H16ClNO2/c1-2-13-5-3-4-6-17(13)21-19(22)10-8-16-12-14-11-15(20)7-9-18(14)23-16/h3-12H,2H2,1H3,(H,21,22). The molecule has 0 bridgehead atoms. The highest BCUT2D eigenvalue weighted by atomic mass is 35.5. The van der Waals surface area contributed by atoms with Gasteiger partial charge >= 0.3 is 0 Å². The molecule has 0 unspecified atom stereocenters. The van der Waals surface area contributed by atoms with Crippen molar-refractivity contribution in [2.24, 2.45) is 0 Å². The van der Waals surface area contributed by atoms with Gasteiger partial charge in [0.05, 0.1) is 0 Å². The van der Waals surface area contributed by atoms with Crippen LogP contribution in [0.1, 0.15) is 18.2 Å². The molecule has 0 fully saturated rings. The first-order chi connectivity index (χ1) is 11.2. The van der Waals surface area contributed by atoms with Gasteiger partial charge in [-0.15, -0.1) is 0 Å². The Hall–Kier alpha value is -2.52. The van der Waals surface area contributed by atoms with Gasteiger partial charge in [-0.3, -0.25) is 4.79 Å². The fraction of sp³-hybridized carbons (Fsp3) is 0.105. The van der Waals surface area contributed by atoms with Crippen molar-refractivity contribution in [3.05, 3.63) is 71.0 Å². The Morgan fingerprint density at radius 2 is 2.04 bits per heavy atom. The molecule has 0 saturated heterocycles. The largest absolute Gasteiger partial charge is 0.457 e. The van der Waals surface area contributed by atoms with Gasteiger partial charge in [-0.1, -0.05) is 36.7 Å². The van der Waals surface area contributed by atoms with E-state index in [2.05, 4.69) is 12.2 Å². The van der Waals surface area contributed by atoms with E-state index < -0.39 is 0 Å². The van der Waals surface area contributed by atoms with Crippen molar-refractivity contribution >= 4 is 40.2 Å². The molecular weight excluding hydrogens is 310 g/mol. The highest BCUT2D eigenvalue weighted by Gasteiger charge is 2.04. The van der Waals surface area contributed by atoms with Crippen LogP contribution in [0, 0.1) is 0 Å². The number of carbonyl (C=O) groups excluding carboxylic acids is 1. The summed E-state index contributed by atoms with van der Waals surface area (Å²) in [7, 11) is 0. The molecule has 0 spiro atoms. The number of aryl methyl sites for hydroxylation is 1. The molecule has 0 aliphatic carbocycles. The second kappa shape index (κ2) is 6.71. The number of anilines is 1. The zero-order valence-corrected chi connectivity index (χ0v) is 13.4. The molecule has 1 N–H and O–H groups in total. The van der Waals surface area contributed by atoms with Gasteiger partial charge in [0.15, 0.2) is 0 Å². The van der Waals surface area contributed by atoms with Crippen LogP contribution in [0.4, 0.5) is 5.69 Å². The molecule has 23 heavy (non-hydrogen) atoms. The average molecular weight is 326 g/mol. The minimum atomic E-state index is -0.190. The molecule has 0 atom stereocenters. The summed E-state index contributed by atoms with van der Waals surface area (Å²) in [6.07, 6.45) is 3.98. The van der Waals surface area contributed by atoms with Crippen molar-refractivity contribution in [2.75, 3.05) is 5.32 Å². The summed E-state index contributed by atoms with van der Waals surface area (Å²) in [6.45, 7) is 2.06. The molecule has 1 aromatic heterocycles. The van der Waals surface area contributed by atoms with E-state index in [0.717, 1.165) is 28.6 Å². The van der Waals surface area contributed by atoms with E-state index in [0.29, 0.717) is 10.8 Å². The van der Waals surface area contributed by atoms with Crippen molar-refractivity contribution in [1.29, 1.82) is 0 Å². The van der Waals surface area contributed by atoms with Crippen molar-refractivity contribution in [2.45, 2.75) is 13.3 Å². The number of nitrogens with one attached hydrogen (secondary N) is 1. The quantitative estimate of drug-likeness (QED) is 0.661. The normalized spacial score (nSPS) is 11.2. The van der Waals surface area contributed by atoms with Crippen LogP contribution in [0.25, 0.3) is 17.0 Å². The first-order valence-corrected chi connectivity index (χ1v) is 7.79. The second-order valence-corrected chi connectivity index (χ2v) is 5.60. The first-order valence-electron chi connectivity index (χ1n) is 7.42. The number of carbonyl (C=O) groups is 1. The molecule has 116 valence electrons.